The maximum absolute atomic E-state index is 13.5. The lowest BCUT2D eigenvalue weighted by Gasteiger charge is -2.16. The summed E-state index contributed by atoms with van der Waals surface area (Å²) in [5.74, 6) is 3.48. The first kappa shape index (κ1) is 25.6. The highest BCUT2D eigenvalue weighted by molar-refractivity contribution is 9.10. The van der Waals surface area contributed by atoms with Crippen LogP contribution in [0, 0.1) is 12.3 Å². The van der Waals surface area contributed by atoms with Gasteiger partial charge in [0.05, 0.1) is 29.1 Å². The van der Waals surface area contributed by atoms with E-state index in [0.717, 1.165) is 16.7 Å². The maximum Gasteiger partial charge on any atom is 0.267 e. The molecule has 0 spiro atoms. The van der Waals surface area contributed by atoms with E-state index in [1.54, 1.807) is 4.90 Å². The van der Waals surface area contributed by atoms with Crippen molar-refractivity contribution in [2.75, 3.05) is 13.2 Å². The Morgan fingerprint density at radius 2 is 1.75 bits per heavy atom. The number of amides is 1. The van der Waals surface area contributed by atoms with Crippen LogP contribution in [-0.4, -0.2) is 29.2 Å². The monoisotopic (exact) mass is 560 g/mol. The highest BCUT2D eigenvalue weighted by atomic mass is 79.9. The first-order chi connectivity index (χ1) is 17.6. The molecule has 0 aliphatic carbocycles. The van der Waals surface area contributed by atoms with Crippen molar-refractivity contribution in [2.45, 2.75) is 20.0 Å². The molecule has 4 rings (SSSR count). The van der Waals surface area contributed by atoms with Gasteiger partial charge in [-0.2, -0.15) is 0 Å². The molecule has 0 aromatic heterocycles. The van der Waals surface area contributed by atoms with Crippen LogP contribution in [0.1, 0.15) is 23.6 Å². The van der Waals surface area contributed by atoms with E-state index >= 15 is 0 Å². The number of aliphatic imine (C=N–C) groups is 1. The van der Waals surface area contributed by atoms with Crippen LogP contribution in [0.3, 0.4) is 0 Å². The molecule has 1 fully saturated rings. The summed E-state index contributed by atoms with van der Waals surface area (Å²) in [5.41, 5.74) is 2.93. The number of terminal acetylenes is 1. The van der Waals surface area contributed by atoms with Crippen LogP contribution in [0.25, 0.3) is 6.08 Å². The fourth-order valence-corrected chi connectivity index (χ4v) is 5.16. The molecule has 0 radical (unpaired) electrons. The van der Waals surface area contributed by atoms with Crippen LogP contribution in [0.4, 0.5) is 0 Å². The van der Waals surface area contributed by atoms with Gasteiger partial charge in [0.1, 0.15) is 6.61 Å². The van der Waals surface area contributed by atoms with Gasteiger partial charge in [0.25, 0.3) is 5.91 Å². The number of thioether (sulfide) groups is 1. The molecule has 1 heterocycles. The molecule has 182 valence electrons. The van der Waals surface area contributed by atoms with Crippen LogP contribution in [-0.2, 0) is 17.9 Å². The fourth-order valence-electron chi connectivity index (χ4n) is 3.61. The van der Waals surface area contributed by atoms with Crippen molar-refractivity contribution in [1.82, 2.24) is 4.90 Å². The quantitative estimate of drug-likeness (QED) is 0.220. The smallest absolute Gasteiger partial charge is 0.267 e. The highest BCUT2D eigenvalue weighted by Gasteiger charge is 2.33. The topological polar surface area (TPSA) is 51.1 Å². The third-order valence-electron chi connectivity index (χ3n) is 5.24. The summed E-state index contributed by atoms with van der Waals surface area (Å²) in [6.07, 6.45) is 7.21. The van der Waals surface area contributed by atoms with Gasteiger partial charge in [-0.3, -0.25) is 14.7 Å². The van der Waals surface area contributed by atoms with E-state index in [4.69, 9.17) is 20.9 Å². The zero-order valence-corrected chi connectivity index (χ0v) is 22.2. The normalized spacial score (nSPS) is 15.4. The standard InChI is InChI=1S/C29H25BrN2O3S/c1-3-15-35-27-24(30)16-23(17-25(27)34-4-2)18-26-28(33)32(20-22-13-9-6-10-14-22)29(36-26)31-19-21-11-7-5-8-12-21/h1,5-14,16-18H,4,15,19-20H2,2H3/b26-18+,31-29?. The summed E-state index contributed by atoms with van der Waals surface area (Å²) in [6, 6.07) is 23.7. The van der Waals surface area contributed by atoms with Crippen LogP contribution in [0.5, 0.6) is 11.5 Å². The van der Waals surface area contributed by atoms with Crippen molar-refractivity contribution in [3.05, 3.63) is 98.9 Å². The van der Waals surface area contributed by atoms with Crippen LogP contribution in [0.15, 0.2) is 87.2 Å². The summed E-state index contributed by atoms with van der Waals surface area (Å²) < 4.78 is 12.1. The summed E-state index contributed by atoms with van der Waals surface area (Å²) in [6.45, 7) is 3.44. The third kappa shape index (κ3) is 6.39. The average molecular weight is 562 g/mol. The molecule has 5 nitrogen and oxygen atoms in total. The lowest BCUT2D eigenvalue weighted by molar-refractivity contribution is -0.122. The second-order valence-corrected chi connectivity index (χ2v) is 9.69. The van der Waals surface area contributed by atoms with Crippen molar-refractivity contribution >= 4 is 44.8 Å². The molecule has 36 heavy (non-hydrogen) atoms. The number of nitrogens with zero attached hydrogens (tertiary/aromatic N) is 2. The second kappa shape index (κ2) is 12.5. The summed E-state index contributed by atoms with van der Waals surface area (Å²) >= 11 is 4.93. The molecule has 1 aliphatic rings. The summed E-state index contributed by atoms with van der Waals surface area (Å²) in [4.78, 5) is 20.6. The Balaban J connectivity index is 1.66. The number of amidine groups is 1. The molecule has 1 saturated heterocycles. The van der Waals surface area contributed by atoms with E-state index in [9.17, 15) is 4.79 Å². The number of halogens is 1. The minimum atomic E-state index is -0.0857. The van der Waals surface area contributed by atoms with Crippen LogP contribution >= 0.6 is 27.7 Å². The van der Waals surface area contributed by atoms with Gasteiger partial charge in [-0.15, -0.1) is 6.42 Å². The SMILES string of the molecule is C#CCOc1c(Br)cc(/C=C2/SC(=NCc3ccccc3)N(Cc3ccccc3)C2=O)cc1OCC. The Morgan fingerprint density at radius 3 is 2.42 bits per heavy atom. The Labute approximate surface area is 224 Å². The second-order valence-electron chi connectivity index (χ2n) is 7.83. The van der Waals surface area contributed by atoms with Gasteiger partial charge in [-0.25, -0.2) is 0 Å². The summed E-state index contributed by atoms with van der Waals surface area (Å²) in [5, 5.41) is 0.678. The van der Waals surface area contributed by atoms with Gasteiger partial charge < -0.3 is 9.47 Å². The van der Waals surface area contributed by atoms with Gasteiger partial charge >= 0.3 is 0 Å². The third-order valence-corrected chi connectivity index (χ3v) is 6.87. The molecule has 3 aromatic carbocycles. The zero-order valence-electron chi connectivity index (χ0n) is 19.8. The minimum Gasteiger partial charge on any atom is -0.490 e. The molecule has 1 amide bonds. The summed E-state index contributed by atoms with van der Waals surface area (Å²) in [7, 11) is 0. The van der Waals surface area contributed by atoms with Crippen LogP contribution in [0.2, 0.25) is 0 Å². The number of benzene rings is 3. The number of hydrogen-bond donors (Lipinski definition) is 0. The molecular formula is C29H25BrN2O3S. The number of ether oxygens (including phenoxy) is 2. The van der Waals surface area contributed by atoms with Gasteiger partial charge in [0.2, 0.25) is 0 Å². The predicted octanol–water partition coefficient (Wildman–Crippen LogP) is 6.53. The van der Waals surface area contributed by atoms with Crippen molar-refractivity contribution in [3.8, 4) is 23.8 Å². The van der Waals surface area contributed by atoms with Gasteiger partial charge in [-0.05, 0) is 69.5 Å². The first-order valence-electron chi connectivity index (χ1n) is 11.5. The van der Waals surface area contributed by atoms with E-state index in [-0.39, 0.29) is 12.5 Å². The molecule has 7 heteroatoms. The van der Waals surface area contributed by atoms with Gasteiger partial charge in [0, 0.05) is 0 Å². The molecule has 0 atom stereocenters. The van der Waals surface area contributed by atoms with E-state index in [0.29, 0.717) is 45.7 Å². The predicted molar refractivity (Wildman–Crippen MR) is 150 cm³/mol. The molecular weight excluding hydrogens is 536 g/mol. The van der Waals surface area contributed by atoms with E-state index < -0.39 is 0 Å². The van der Waals surface area contributed by atoms with E-state index in [2.05, 4.69) is 21.9 Å². The maximum atomic E-state index is 13.5. The lowest BCUT2D eigenvalue weighted by atomic mass is 10.1. The Hall–Kier alpha value is -3.47. The lowest BCUT2D eigenvalue weighted by Crippen LogP contribution is -2.28. The Kier molecular flexibility index (Phi) is 8.88. The largest absolute Gasteiger partial charge is 0.490 e. The Bertz CT molecular complexity index is 1320. The van der Waals surface area contributed by atoms with Crippen LogP contribution < -0.4 is 9.47 Å². The van der Waals surface area contributed by atoms with Gasteiger partial charge in [0.15, 0.2) is 16.7 Å². The minimum absolute atomic E-state index is 0.0857. The van der Waals surface area contributed by atoms with E-state index in [1.165, 1.54) is 11.8 Å². The number of carbonyl (C=O) groups excluding carboxylic acids is 1. The number of rotatable bonds is 9. The van der Waals surface area contributed by atoms with Crippen molar-refractivity contribution in [2.24, 2.45) is 4.99 Å². The number of carbonyl (C=O) groups is 1. The molecule has 0 saturated carbocycles. The molecule has 0 N–H and O–H groups in total. The zero-order chi connectivity index (χ0) is 25.3. The van der Waals surface area contributed by atoms with E-state index in [1.807, 2.05) is 85.8 Å². The highest BCUT2D eigenvalue weighted by Crippen LogP contribution is 2.39. The van der Waals surface area contributed by atoms with Crippen molar-refractivity contribution in [1.29, 1.82) is 0 Å². The Morgan fingerprint density at radius 1 is 1.06 bits per heavy atom. The fraction of sp³-hybridized carbons (Fsp3) is 0.172. The van der Waals surface area contributed by atoms with Crippen molar-refractivity contribution < 1.29 is 14.3 Å². The molecule has 1 aliphatic heterocycles. The van der Waals surface area contributed by atoms with Crippen molar-refractivity contribution in [3.63, 3.8) is 0 Å². The first-order valence-corrected chi connectivity index (χ1v) is 13.1. The molecule has 0 unspecified atom stereocenters. The van der Waals surface area contributed by atoms with Gasteiger partial charge in [-0.1, -0.05) is 66.6 Å². The average Bonchev–Trinajstić information content (AvgIpc) is 3.17. The molecule has 3 aromatic rings. The number of hydrogen-bond acceptors (Lipinski definition) is 5. The molecule has 0 bridgehead atoms.